The minimum Gasteiger partial charge on any atom is -0.317 e. The maximum atomic E-state index is 3.66. The first-order valence-corrected chi connectivity index (χ1v) is 7.95. The Morgan fingerprint density at radius 1 is 1.00 bits per heavy atom. The van der Waals surface area contributed by atoms with E-state index in [0.29, 0.717) is 6.04 Å². The Balaban J connectivity index is 1.64. The van der Waals surface area contributed by atoms with Crippen LogP contribution in [0.4, 0.5) is 0 Å². The highest BCUT2D eigenvalue weighted by atomic mass is 14.9. The van der Waals surface area contributed by atoms with Gasteiger partial charge in [-0.15, -0.1) is 0 Å². The molecule has 1 aromatic rings. The molecule has 2 N–H and O–H groups in total. The molecule has 0 saturated carbocycles. The molecule has 1 unspecified atom stereocenters. The largest absolute Gasteiger partial charge is 0.317 e. The molecule has 0 aromatic heterocycles. The Labute approximate surface area is 117 Å². The SMILES string of the molecule is c1cc(CC2CCCCN2)cc(C2CCNCC2)c1. The van der Waals surface area contributed by atoms with Crippen LogP contribution in [0.2, 0.25) is 0 Å². The fourth-order valence-electron chi connectivity index (χ4n) is 3.51. The monoisotopic (exact) mass is 258 g/mol. The Kier molecular flexibility index (Phi) is 4.52. The summed E-state index contributed by atoms with van der Waals surface area (Å²) in [6.45, 7) is 3.57. The molecule has 1 atom stereocenters. The number of hydrogen-bond donors (Lipinski definition) is 2. The smallest absolute Gasteiger partial charge is 0.0107 e. The van der Waals surface area contributed by atoms with Crippen molar-refractivity contribution in [2.24, 2.45) is 0 Å². The lowest BCUT2D eigenvalue weighted by Gasteiger charge is -2.25. The predicted octanol–water partition coefficient (Wildman–Crippen LogP) is 2.84. The third kappa shape index (κ3) is 3.58. The maximum Gasteiger partial charge on any atom is 0.0107 e. The van der Waals surface area contributed by atoms with Gasteiger partial charge >= 0.3 is 0 Å². The Hall–Kier alpha value is -0.860. The van der Waals surface area contributed by atoms with Gasteiger partial charge in [-0.3, -0.25) is 0 Å². The normalized spacial score (nSPS) is 25.4. The summed E-state index contributed by atoms with van der Waals surface area (Å²) in [6.07, 6.45) is 7.89. The van der Waals surface area contributed by atoms with Gasteiger partial charge in [0.1, 0.15) is 0 Å². The summed E-state index contributed by atoms with van der Waals surface area (Å²) in [7, 11) is 0. The molecule has 2 heteroatoms. The summed E-state index contributed by atoms with van der Waals surface area (Å²) in [6, 6.07) is 10.1. The van der Waals surface area contributed by atoms with E-state index in [0.717, 1.165) is 5.92 Å². The van der Waals surface area contributed by atoms with Crippen LogP contribution in [0.3, 0.4) is 0 Å². The van der Waals surface area contributed by atoms with E-state index in [4.69, 9.17) is 0 Å². The minimum atomic E-state index is 0.706. The van der Waals surface area contributed by atoms with E-state index in [2.05, 4.69) is 34.9 Å². The molecule has 0 radical (unpaired) electrons. The van der Waals surface area contributed by atoms with Crippen LogP contribution in [-0.2, 0) is 6.42 Å². The first kappa shape index (κ1) is 13.1. The van der Waals surface area contributed by atoms with Crippen molar-refractivity contribution in [1.82, 2.24) is 10.6 Å². The lowest BCUT2D eigenvalue weighted by Crippen LogP contribution is -2.35. The maximum absolute atomic E-state index is 3.66. The summed E-state index contributed by atoms with van der Waals surface area (Å²) < 4.78 is 0. The van der Waals surface area contributed by atoms with Crippen molar-refractivity contribution >= 4 is 0 Å². The van der Waals surface area contributed by atoms with Crippen molar-refractivity contribution in [3.8, 4) is 0 Å². The van der Waals surface area contributed by atoms with Crippen LogP contribution in [0.25, 0.3) is 0 Å². The lowest BCUT2D eigenvalue weighted by atomic mass is 9.88. The van der Waals surface area contributed by atoms with E-state index >= 15 is 0 Å². The van der Waals surface area contributed by atoms with Crippen LogP contribution in [0, 0.1) is 0 Å². The van der Waals surface area contributed by atoms with Crippen LogP contribution in [-0.4, -0.2) is 25.7 Å². The third-order valence-electron chi connectivity index (χ3n) is 4.66. The number of rotatable bonds is 3. The van der Waals surface area contributed by atoms with Crippen molar-refractivity contribution in [2.75, 3.05) is 19.6 Å². The lowest BCUT2D eigenvalue weighted by molar-refractivity contribution is 0.399. The van der Waals surface area contributed by atoms with Crippen LogP contribution in [0.15, 0.2) is 24.3 Å². The topological polar surface area (TPSA) is 24.1 Å². The Morgan fingerprint density at radius 2 is 1.89 bits per heavy atom. The van der Waals surface area contributed by atoms with Crippen molar-refractivity contribution in [1.29, 1.82) is 0 Å². The number of hydrogen-bond acceptors (Lipinski definition) is 2. The zero-order valence-electron chi connectivity index (χ0n) is 11.8. The molecular formula is C17H26N2. The second kappa shape index (κ2) is 6.53. The highest BCUT2D eigenvalue weighted by Crippen LogP contribution is 2.26. The van der Waals surface area contributed by atoms with Gasteiger partial charge in [0.05, 0.1) is 0 Å². The van der Waals surface area contributed by atoms with Gasteiger partial charge in [0.25, 0.3) is 0 Å². The van der Waals surface area contributed by atoms with E-state index in [1.54, 1.807) is 5.56 Å². The van der Waals surface area contributed by atoms with Gasteiger partial charge in [-0.1, -0.05) is 30.7 Å². The van der Waals surface area contributed by atoms with Gasteiger partial charge in [-0.05, 0) is 68.8 Å². The van der Waals surface area contributed by atoms with Crippen LogP contribution in [0.1, 0.15) is 49.1 Å². The quantitative estimate of drug-likeness (QED) is 0.871. The zero-order valence-corrected chi connectivity index (χ0v) is 11.8. The molecule has 2 aliphatic rings. The predicted molar refractivity (Wildman–Crippen MR) is 80.6 cm³/mol. The van der Waals surface area contributed by atoms with Gasteiger partial charge in [-0.25, -0.2) is 0 Å². The van der Waals surface area contributed by atoms with Gasteiger partial charge < -0.3 is 10.6 Å². The first-order chi connectivity index (χ1) is 9.42. The molecule has 104 valence electrons. The van der Waals surface area contributed by atoms with E-state index in [-0.39, 0.29) is 0 Å². The molecule has 0 bridgehead atoms. The average Bonchev–Trinajstić information content (AvgIpc) is 2.49. The summed E-state index contributed by atoms with van der Waals surface area (Å²) in [4.78, 5) is 0. The number of nitrogens with one attached hydrogen (secondary N) is 2. The molecule has 2 aliphatic heterocycles. The van der Waals surface area contributed by atoms with E-state index < -0.39 is 0 Å². The van der Waals surface area contributed by atoms with Gasteiger partial charge in [-0.2, -0.15) is 0 Å². The van der Waals surface area contributed by atoms with Gasteiger partial charge in [0.2, 0.25) is 0 Å². The average molecular weight is 258 g/mol. The van der Waals surface area contributed by atoms with Gasteiger partial charge in [0, 0.05) is 6.04 Å². The van der Waals surface area contributed by atoms with Gasteiger partial charge in [0.15, 0.2) is 0 Å². The summed E-state index contributed by atoms with van der Waals surface area (Å²) in [5.41, 5.74) is 3.09. The molecule has 2 heterocycles. The fraction of sp³-hybridized carbons (Fsp3) is 0.647. The number of piperidine rings is 2. The van der Waals surface area contributed by atoms with Crippen molar-refractivity contribution in [3.05, 3.63) is 35.4 Å². The molecule has 3 rings (SSSR count). The van der Waals surface area contributed by atoms with E-state index in [9.17, 15) is 0 Å². The molecule has 0 spiro atoms. The second-order valence-corrected chi connectivity index (χ2v) is 6.12. The third-order valence-corrected chi connectivity index (χ3v) is 4.66. The summed E-state index contributed by atoms with van der Waals surface area (Å²) in [5, 5.41) is 7.11. The molecule has 2 saturated heterocycles. The molecule has 2 nitrogen and oxygen atoms in total. The highest BCUT2D eigenvalue weighted by molar-refractivity contribution is 5.27. The standard InChI is InChI=1S/C17H26N2/c1-2-9-19-17(6-1)13-14-4-3-5-16(12-14)15-7-10-18-11-8-15/h3-5,12,15,17-19H,1-2,6-11,13H2. The van der Waals surface area contributed by atoms with Crippen molar-refractivity contribution in [3.63, 3.8) is 0 Å². The Morgan fingerprint density at radius 3 is 2.68 bits per heavy atom. The van der Waals surface area contributed by atoms with E-state index in [1.165, 1.54) is 63.7 Å². The van der Waals surface area contributed by atoms with Crippen LogP contribution in [0.5, 0.6) is 0 Å². The molecule has 1 aromatic carbocycles. The fourth-order valence-corrected chi connectivity index (χ4v) is 3.51. The molecule has 0 amide bonds. The highest BCUT2D eigenvalue weighted by Gasteiger charge is 2.17. The van der Waals surface area contributed by atoms with E-state index in [1.807, 2.05) is 0 Å². The summed E-state index contributed by atoms with van der Waals surface area (Å²) in [5.74, 6) is 0.778. The van der Waals surface area contributed by atoms with Crippen LogP contribution >= 0.6 is 0 Å². The number of benzene rings is 1. The van der Waals surface area contributed by atoms with Crippen molar-refractivity contribution < 1.29 is 0 Å². The minimum absolute atomic E-state index is 0.706. The second-order valence-electron chi connectivity index (χ2n) is 6.12. The first-order valence-electron chi connectivity index (χ1n) is 7.95. The zero-order chi connectivity index (χ0) is 12.9. The molecule has 19 heavy (non-hydrogen) atoms. The Bertz CT molecular complexity index is 390. The molecule has 2 fully saturated rings. The van der Waals surface area contributed by atoms with Crippen molar-refractivity contribution in [2.45, 2.75) is 50.5 Å². The van der Waals surface area contributed by atoms with Crippen LogP contribution < -0.4 is 10.6 Å². The summed E-state index contributed by atoms with van der Waals surface area (Å²) >= 11 is 0. The molecular weight excluding hydrogens is 232 g/mol. The molecule has 0 aliphatic carbocycles.